The lowest BCUT2D eigenvalue weighted by Gasteiger charge is -2.09. The first-order valence-electron chi connectivity index (χ1n) is 6.81. The third kappa shape index (κ3) is 5.81. The Labute approximate surface area is 135 Å². The number of nitrogens with one attached hydrogen (secondary N) is 1. The van der Waals surface area contributed by atoms with Crippen LogP contribution in [0.25, 0.3) is 0 Å². The molecular formula is C15H21ClN2O4. The largest absolute Gasteiger partial charge is 0.493 e. The van der Waals surface area contributed by atoms with Gasteiger partial charge < -0.3 is 19.6 Å². The number of benzene rings is 1. The predicted octanol–water partition coefficient (Wildman–Crippen LogP) is 2.48. The molecule has 1 N–H and O–H groups in total. The van der Waals surface area contributed by atoms with Gasteiger partial charge in [-0.2, -0.15) is 0 Å². The molecule has 0 unspecified atom stereocenters. The molecule has 0 radical (unpaired) electrons. The molecular weight excluding hydrogens is 308 g/mol. The van der Waals surface area contributed by atoms with Gasteiger partial charge in [0.2, 0.25) is 0 Å². The van der Waals surface area contributed by atoms with Crippen molar-refractivity contribution in [1.29, 1.82) is 0 Å². The smallest absolute Gasteiger partial charge is 0.260 e. The van der Waals surface area contributed by atoms with E-state index in [-0.39, 0.29) is 12.5 Å². The summed E-state index contributed by atoms with van der Waals surface area (Å²) >= 11 is 6.08. The van der Waals surface area contributed by atoms with E-state index in [9.17, 15) is 4.79 Å². The number of amides is 1. The van der Waals surface area contributed by atoms with Gasteiger partial charge in [-0.25, -0.2) is 0 Å². The molecule has 0 saturated carbocycles. The number of rotatable bonds is 8. The molecule has 1 aromatic carbocycles. The van der Waals surface area contributed by atoms with E-state index in [4.69, 9.17) is 25.9 Å². The van der Waals surface area contributed by atoms with Crippen molar-refractivity contribution in [2.45, 2.75) is 13.8 Å². The van der Waals surface area contributed by atoms with Crippen molar-refractivity contribution in [2.24, 2.45) is 11.1 Å². The number of hydrogen-bond acceptors (Lipinski definition) is 5. The van der Waals surface area contributed by atoms with Gasteiger partial charge in [0.1, 0.15) is 0 Å². The monoisotopic (exact) mass is 328 g/mol. The summed E-state index contributed by atoms with van der Waals surface area (Å²) in [7, 11) is 3.03. The fourth-order valence-corrected chi connectivity index (χ4v) is 1.87. The predicted molar refractivity (Wildman–Crippen MR) is 85.9 cm³/mol. The second kappa shape index (κ2) is 9.15. The Morgan fingerprint density at radius 3 is 2.68 bits per heavy atom. The molecule has 0 aliphatic heterocycles. The van der Waals surface area contributed by atoms with Gasteiger partial charge in [0.05, 0.1) is 25.5 Å². The van der Waals surface area contributed by atoms with Crippen LogP contribution in [0, 0.1) is 5.92 Å². The number of halogens is 1. The van der Waals surface area contributed by atoms with E-state index in [0.29, 0.717) is 34.5 Å². The van der Waals surface area contributed by atoms with Crippen molar-refractivity contribution in [1.82, 2.24) is 5.32 Å². The van der Waals surface area contributed by atoms with Crippen LogP contribution in [-0.4, -0.2) is 39.5 Å². The lowest BCUT2D eigenvalue weighted by molar-refractivity contribution is -0.125. The zero-order chi connectivity index (χ0) is 16.5. The molecule has 0 atom stereocenters. The van der Waals surface area contributed by atoms with Gasteiger partial charge in [-0.05, 0) is 18.1 Å². The van der Waals surface area contributed by atoms with E-state index in [1.165, 1.54) is 20.4 Å². The fourth-order valence-electron chi connectivity index (χ4n) is 1.58. The third-order valence-corrected chi connectivity index (χ3v) is 2.92. The van der Waals surface area contributed by atoms with Crippen LogP contribution in [0.5, 0.6) is 11.5 Å². The highest BCUT2D eigenvalue weighted by Gasteiger charge is 2.10. The average molecular weight is 329 g/mol. The molecule has 122 valence electrons. The first-order valence-corrected chi connectivity index (χ1v) is 7.19. The van der Waals surface area contributed by atoms with E-state index in [1.807, 2.05) is 13.8 Å². The highest BCUT2D eigenvalue weighted by atomic mass is 35.5. The lowest BCUT2D eigenvalue weighted by Crippen LogP contribution is -2.30. The maximum Gasteiger partial charge on any atom is 0.260 e. The molecule has 7 heteroatoms. The van der Waals surface area contributed by atoms with Crippen molar-refractivity contribution in [3.05, 3.63) is 22.7 Å². The second-order valence-electron chi connectivity index (χ2n) is 4.94. The van der Waals surface area contributed by atoms with Crippen LogP contribution in [0.3, 0.4) is 0 Å². The van der Waals surface area contributed by atoms with Gasteiger partial charge in [-0.1, -0.05) is 30.6 Å². The molecule has 1 amide bonds. The van der Waals surface area contributed by atoms with Gasteiger partial charge in [-0.3, -0.25) is 4.79 Å². The summed E-state index contributed by atoms with van der Waals surface area (Å²) < 4.78 is 10.3. The number of ether oxygens (including phenoxy) is 2. The van der Waals surface area contributed by atoms with E-state index < -0.39 is 0 Å². The molecule has 22 heavy (non-hydrogen) atoms. The summed E-state index contributed by atoms with van der Waals surface area (Å²) in [4.78, 5) is 16.4. The lowest BCUT2D eigenvalue weighted by atomic mass is 10.2. The molecule has 0 aliphatic carbocycles. The van der Waals surface area contributed by atoms with Crippen LogP contribution >= 0.6 is 11.6 Å². The number of carbonyl (C=O) groups excluding carboxylic acids is 1. The summed E-state index contributed by atoms with van der Waals surface area (Å²) in [5.41, 5.74) is 0.672. The molecule has 1 aromatic rings. The molecule has 0 saturated heterocycles. The molecule has 0 heterocycles. The number of nitrogens with zero attached hydrogens (tertiary/aromatic N) is 1. The Morgan fingerprint density at radius 2 is 2.09 bits per heavy atom. The number of hydrogen-bond donors (Lipinski definition) is 1. The SMILES string of the molecule is COc1cc(/C=N\OCC(=O)NCC(C)C)cc(Cl)c1OC. The molecule has 6 nitrogen and oxygen atoms in total. The maximum atomic E-state index is 11.4. The van der Waals surface area contributed by atoms with Gasteiger partial charge in [0.25, 0.3) is 5.91 Å². The van der Waals surface area contributed by atoms with Crippen molar-refractivity contribution >= 4 is 23.7 Å². The molecule has 0 bridgehead atoms. The van der Waals surface area contributed by atoms with Crippen LogP contribution in [0.4, 0.5) is 0 Å². The number of oxime groups is 1. The Hall–Kier alpha value is -1.95. The van der Waals surface area contributed by atoms with Crippen molar-refractivity contribution in [2.75, 3.05) is 27.4 Å². The van der Waals surface area contributed by atoms with E-state index >= 15 is 0 Å². The minimum atomic E-state index is -0.212. The highest BCUT2D eigenvalue weighted by Crippen LogP contribution is 2.35. The van der Waals surface area contributed by atoms with E-state index in [0.717, 1.165) is 0 Å². The van der Waals surface area contributed by atoms with Gasteiger partial charge in [-0.15, -0.1) is 0 Å². The number of methoxy groups -OCH3 is 2. The van der Waals surface area contributed by atoms with Crippen molar-refractivity contribution < 1.29 is 19.1 Å². The van der Waals surface area contributed by atoms with Gasteiger partial charge in [0, 0.05) is 12.1 Å². The Morgan fingerprint density at radius 1 is 1.36 bits per heavy atom. The summed E-state index contributed by atoms with van der Waals surface area (Å²) in [5, 5.41) is 6.87. The van der Waals surface area contributed by atoms with E-state index in [2.05, 4.69) is 10.5 Å². The molecule has 1 rings (SSSR count). The average Bonchev–Trinajstić information content (AvgIpc) is 2.48. The van der Waals surface area contributed by atoms with Crippen molar-refractivity contribution in [3.8, 4) is 11.5 Å². The zero-order valence-corrected chi connectivity index (χ0v) is 13.9. The highest BCUT2D eigenvalue weighted by molar-refractivity contribution is 6.32. The van der Waals surface area contributed by atoms with Crippen LogP contribution in [0.15, 0.2) is 17.3 Å². The van der Waals surface area contributed by atoms with Crippen LogP contribution in [0.1, 0.15) is 19.4 Å². The molecule has 0 aliphatic rings. The maximum absolute atomic E-state index is 11.4. The standard InChI is InChI=1S/C15H21ClN2O4/c1-10(2)7-17-14(19)9-22-18-8-11-5-12(16)15(21-4)13(6-11)20-3/h5-6,8,10H,7,9H2,1-4H3,(H,17,19)/b18-8-. The van der Waals surface area contributed by atoms with Crippen molar-refractivity contribution in [3.63, 3.8) is 0 Å². The number of carbonyl (C=O) groups is 1. The normalized spacial score (nSPS) is 10.8. The van der Waals surface area contributed by atoms with Gasteiger partial charge >= 0.3 is 0 Å². The fraction of sp³-hybridized carbons (Fsp3) is 0.467. The minimum absolute atomic E-state index is 0.135. The Balaban J connectivity index is 2.56. The third-order valence-electron chi connectivity index (χ3n) is 2.64. The first kappa shape index (κ1) is 18.1. The van der Waals surface area contributed by atoms with Crippen LogP contribution in [-0.2, 0) is 9.63 Å². The molecule has 0 aromatic heterocycles. The summed E-state index contributed by atoms with van der Waals surface area (Å²) in [6, 6.07) is 3.37. The topological polar surface area (TPSA) is 69.2 Å². The summed E-state index contributed by atoms with van der Waals surface area (Å²) in [5.74, 6) is 1.12. The van der Waals surface area contributed by atoms with Crippen LogP contribution in [0.2, 0.25) is 5.02 Å². The zero-order valence-electron chi connectivity index (χ0n) is 13.2. The summed E-state index contributed by atoms with van der Waals surface area (Å²) in [6.45, 7) is 4.50. The molecule has 0 spiro atoms. The van der Waals surface area contributed by atoms with Gasteiger partial charge in [0.15, 0.2) is 18.1 Å². The Bertz CT molecular complexity index is 533. The van der Waals surface area contributed by atoms with Crippen LogP contribution < -0.4 is 14.8 Å². The van der Waals surface area contributed by atoms with E-state index in [1.54, 1.807) is 12.1 Å². The Kier molecular flexibility index (Phi) is 7.52. The molecule has 0 fully saturated rings. The summed E-state index contributed by atoms with van der Waals surface area (Å²) in [6.07, 6.45) is 1.45. The quantitative estimate of drug-likeness (QED) is 0.588. The minimum Gasteiger partial charge on any atom is -0.493 e. The first-order chi connectivity index (χ1) is 10.5. The second-order valence-corrected chi connectivity index (χ2v) is 5.35.